The van der Waals surface area contributed by atoms with Gasteiger partial charge in [0, 0.05) is 47.6 Å². The van der Waals surface area contributed by atoms with Crippen LogP contribution in [0.2, 0.25) is 0 Å². The van der Waals surface area contributed by atoms with Crippen LogP contribution in [-0.2, 0) is 12.2 Å². The van der Waals surface area contributed by atoms with E-state index < -0.39 is 0 Å². The zero-order valence-corrected chi connectivity index (χ0v) is 14.5. The Hall–Kier alpha value is -0.970. The molecule has 0 spiro atoms. The summed E-state index contributed by atoms with van der Waals surface area (Å²) in [7, 11) is 8.53. The molecule has 1 heterocycles. The number of rotatable bonds is 8. The van der Waals surface area contributed by atoms with Crippen molar-refractivity contribution in [3.05, 3.63) is 35.5 Å². The molecule has 1 aromatic carbocycles. The van der Waals surface area contributed by atoms with Gasteiger partial charge in [0.1, 0.15) is 0 Å². The normalized spacial score (nSPS) is 11.9. The Bertz CT molecular complexity index is 560. The highest BCUT2D eigenvalue weighted by Crippen LogP contribution is 2.26. The molecular formula is C17H27N3S. The van der Waals surface area contributed by atoms with E-state index in [1.54, 1.807) is 0 Å². The standard InChI is InChI=1S/C17H27N3S/c1-19(2)10-9-17-15(13-21-12-11-20(3)4)14-7-5-6-8-16(14)18-17/h5-8,18H,9-13H2,1-4H3. The average molecular weight is 305 g/mol. The van der Waals surface area contributed by atoms with Crippen LogP contribution in [0, 0.1) is 0 Å². The van der Waals surface area contributed by atoms with Crippen LogP contribution < -0.4 is 0 Å². The summed E-state index contributed by atoms with van der Waals surface area (Å²) < 4.78 is 0. The first-order chi connectivity index (χ1) is 10.1. The highest BCUT2D eigenvalue weighted by atomic mass is 32.2. The molecule has 4 heteroatoms. The van der Waals surface area contributed by atoms with Crippen LogP contribution in [-0.4, -0.2) is 61.8 Å². The number of thioether (sulfide) groups is 1. The number of likely N-dealkylation sites (N-methyl/N-ethyl adjacent to an activating group) is 1. The quantitative estimate of drug-likeness (QED) is 0.758. The number of aromatic nitrogens is 1. The van der Waals surface area contributed by atoms with E-state index in [9.17, 15) is 0 Å². The molecule has 0 atom stereocenters. The molecule has 0 aliphatic rings. The first-order valence-electron chi connectivity index (χ1n) is 7.53. The van der Waals surface area contributed by atoms with Crippen LogP contribution in [0.3, 0.4) is 0 Å². The topological polar surface area (TPSA) is 22.3 Å². The third-order valence-corrected chi connectivity index (χ3v) is 4.60. The summed E-state index contributed by atoms with van der Waals surface area (Å²) in [5.74, 6) is 2.28. The monoisotopic (exact) mass is 305 g/mol. The Kier molecular flexibility index (Phi) is 6.15. The van der Waals surface area contributed by atoms with E-state index in [-0.39, 0.29) is 0 Å². The van der Waals surface area contributed by atoms with Gasteiger partial charge in [-0.15, -0.1) is 0 Å². The number of H-pyrrole nitrogens is 1. The Balaban J connectivity index is 2.11. The van der Waals surface area contributed by atoms with Gasteiger partial charge in [0.2, 0.25) is 0 Å². The first kappa shape index (κ1) is 16.4. The van der Waals surface area contributed by atoms with Crippen molar-refractivity contribution in [3.8, 4) is 0 Å². The van der Waals surface area contributed by atoms with Crippen LogP contribution in [0.5, 0.6) is 0 Å². The van der Waals surface area contributed by atoms with E-state index in [4.69, 9.17) is 0 Å². The van der Waals surface area contributed by atoms with E-state index in [2.05, 4.69) is 67.2 Å². The fraction of sp³-hybridized carbons (Fsp3) is 0.529. The molecule has 21 heavy (non-hydrogen) atoms. The number of hydrogen-bond acceptors (Lipinski definition) is 3. The summed E-state index contributed by atoms with van der Waals surface area (Å²) in [5, 5.41) is 1.39. The second-order valence-corrected chi connectivity index (χ2v) is 7.14. The van der Waals surface area contributed by atoms with E-state index in [1.165, 1.54) is 27.9 Å². The number of hydrogen-bond donors (Lipinski definition) is 1. The molecule has 1 aromatic heterocycles. The molecular weight excluding hydrogens is 278 g/mol. The van der Waals surface area contributed by atoms with Crippen LogP contribution in [0.15, 0.2) is 24.3 Å². The zero-order chi connectivity index (χ0) is 15.2. The maximum absolute atomic E-state index is 3.62. The summed E-state index contributed by atoms with van der Waals surface area (Å²) in [6.45, 7) is 2.22. The second kappa shape index (κ2) is 7.87. The van der Waals surface area contributed by atoms with Gasteiger partial charge >= 0.3 is 0 Å². The van der Waals surface area contributed by atoms with Crippen LogP contribution in [0.1, 0.15) is 11.3 Å². The van der Waals surface area contributed by atoms with Crippen LogP contribution in [0.25, 0.3) is 10.9 Å². The molecule has 0 amide bonds. The molecule has 1 N–H and O–H groups in total. The largest absolute Gasteiger partial charge is 0.358 e. The molecule has 0 radical (unpaired) electrons. The zero-order valence-electron chi connectivity index (χ0n) is 13.6. The van der Waals surface area contributed by atoms with Gasteiger partial charge in [-0.3, -0.25) is 0 Å². The number of para-hydroxylation sites is 1. The third-order valence-electron chi connectivity index (χ3n) is 3.64. The average Bonchev–Trinajstić information content (AvgIpc) is 2.79. The van der Waals surface area contributed by atoms with E-state index >= 15 is 0 Å². The lowest BCUT2D eigenvalue weighted by Crippen LogP contribution is -2.16. The number of nitrogens with one attached hydrogen (secondary N) is 1. The fourth-order valence-electron chi connectivity index (χ4n) is 2.39. The van der Waals surface area contributed by atoms with Crippen molar-refractivity contribution >= 4 is 22.7 Å². The highest BCUT2D eigenvalue weighted by molar-refractivity contribution is 7.98. The van der Waals surface area contributed by atoms with Gasteiger partial charge < -0.3 is 14.8 Å². The smallest absolute Gasteiger partial charge is 0.0459 e. The second-order valence-electron chi connectivity index (χ2n) is 6.04. The number of fused-ring (bicyclic) bond motifs is 1. The lowest BCUT2D eigenvalue weighted by atomic mass is 10.1. The van der Waals surface area contributed by atoms with Gasteiger partial charge in [-0.05, 0) is 39.8 Å². The summed E-state index contributed by atoms with van der Waals surface area (Å²) in [6, 6.07) is 8.67. The summed E-state index contributed by atoms with van der Waals surface area (Å²) in [5.41, 5.74) is 4.17. The van der Waals surface area contributed by atoms with Gasteiger partial charge in [-0.1, -0.05) is 18.2 Å². The molecule has 2 rings (SSSR count). The van der Waals surface area contributed by atoms with Gasteiger partial charge in [0.05, 0.1) is 0 Å². The number of benzene rings is 1. The Morgan fingerprint density at radius 2 is 1.71 bits per heavy atom. The van der Waals surface area contributed by atoms with E-state index in [1.807, 2.05) is 11.8 Å². The van der Waals surface area contributed by atoms with Gasteiger partial charge in [0.25, 0.3) is 0 Å². The Labute approximate surface area is 132 Å². The van der Waals surface area contributed by atoms with Crippen LogP contribution >= 0.6 is 11.8 Å². The summed E-state index contributed by atoms with van der Waals surface area (Å²) >= 11 is 2.03. The molecule has 0 unspecified atom stereocenters. The maximum atomic E-state index is 3.62. The van der Waals surface area contributed by atoms with Crippen molar-refractivity contribution in [1.29, 1.82) is 0 Å². The van der Waals surface area contributed by atoms with Crippen molar-refractivity contribution in [2.45, 2.75) is 12.2 Å². The van der Waals surface area contributed by atoms with Gasteiger partial charge in [-0.2, -0.15) is 11.8 Å². The van der Waals surface area contributed by atoms with Crippen molar-refractivity contribution in [3.63, 3.8) is 0 Å². The highest BCUT2D eigenvalue weighted by Gasteiger charge is 2.11. The van der Waals surface area contributed by atoms with Crippen LogP contribution in [0.4, 0.5) is 0 Å². The number of nitrogens with zero attached hydrogens (tertiary/aromatic N) is 2. The lowest BCUT2D eigenvalue weighted by Gasteiger charge is -2.11. The minimum absolute atomic E-state index is 1.09. The van der Waals surface area contributed by atoms with Crippen molar-refractivity contribution in [2.75, 3.05) is 47.0 Å². The van der Waals surface area contributed by atoms with E-state index in [0.717, 1.165) is 25.3 Å². The number of aromatic amines is 1. The lowest BCUT2D eigenvalue weighted by molar-refractivity contribution is 0.412. The predicted octanol–water partition coefficient (Wildman–Crippen LogP) is 3.07. The Morgan fingerprint density at radius 3 is 2.43 bits per heavy atom. The Morgan fingerprint density at radius 1 is 1.00 bits per heavy atom. The molecule has 0 bridgehead atoms. The third kappa shape index (κ3) is 4.77. The molecule has 0 aliphatic heterocycles. The molecule has 0 saturated carbocycles. The maximum Gasteiger partial charge on any atom is 0.0459 e. The molecule has 2 aromatic rings. The van der Waals surface area contributed by atoms with E-state index in [0.29, 0.717) is 0 Å². The van der Waals surface area contributed by atoms with Gasteiger partial charge in [-0.25, -0.2) is 0 Å². The van der Waals surface area contributed by atoms with Gasteiger partial charge in [0.15, 0.2) is 0 Å². The molecule has 3 nitrogen and oxygen atoms in total. The minimum Gasteiger partial charge on any atom is -0.358 e. The van der Waals surface area contributed by atoms with Crippen molar-refractivity contribution in [1.82, 2.24) is 14.8 Å². The summed E-state index contributed by atoms with van der Waals surface area (Å²) in [6.07, 6.45) is 1.09. The fourth-order valence-corrected chi connectivity index (χ4v) is 3.56. The molecule has 116 valence electrons. The SMILES string of the molecule is CN(C)CCSCc1c(CCN(C)C)[nH]c2ccccc12. The molecule has 0 fully saturated rings. The predicted molar refractivity (Wildman–Crippen MR) is 95.3 cm³/mol. The van der Waals surface area contributed by atoms with Crippen molar-refractivity contribution in [2.24, 2.45) is 0 Å². The molecule has 0 saturated heterocycles. The first-order valence-corrected chi connectivity index (χ1v) is 8.69. The minimum atomic E-state index is 1.09. The van der Waals surface area contributed by atoms with Crippen molar-refractivity contribution < 1.29 is 0 Å². The summed E-state index contributed by atoms with van der Waals surface area (Å²) in [4.78, 5) is 8.11. The molecule has 0 aliphatic carbocycles.